The molecule has 0 amide bonds. The number of hydrogen-bond acceptors (Lipinski definition) is 4. The molecule has 1 aliphatic carbocycles. The average Bonchev–Trinajstić information content (AvgIpc) is 3.17. The summed E-state index contributed by atoms with van der Waals surface area (Å²) in [5, 5.41) is 0. The first-order valence-corrected chi connectivity index (χ1v) is 6.98. The van der Waals surface area contributed by atoms with E-state index in [0.29, 0.717) is 5.92 Å². The Kier molecular flexibility index (Phi) is 2.62. The molecule has 0 spiro atoms. The van der Waals surface area contributed by atoms with E-state index < -0.39 is 0 Å². The fraction of sp³-hybridized carbons (Fsp3) is 0.467. The van der Waals surface area contributed by atoms with Crippen LogP contribution in [0.3, 0.4) is 0 Å². The molecule has 0 unspecified atom stereocenters. The molecule has 0 aromatic carbocycles. The maximum atomic E-state index is 5.42. The molecule has 1 saturated carbocycles. The van der Waals surface area contributed by atoms with Crippen LogP contribution in [0, 0.1) is 0 Å². The Hall–Kier alpha value is -1.68. The molecule has 1 fully saturated rings. The summed E-state index contributed by atoms with van der Waals surface area (Å²) >= 11 is 0. The Morgan fingerprint density at radius 2 is 2.32 bits per heavy atom. The van der Waals surface area contributed by atoms with E-state index in [9.17, 15) is 0 Å². The first-order valence-electron chi connectivity index (χ1n) is 6.98. The predicted molar refractivity (Wildman–Crippen MR) is 70.5 cm³/mol. The molecule has 4 heteroatoms. The Morgan fingerprint density at radius 3 is 3.11 bits per heavy atom. The third-order valence-corrected chi connectivity index (χ3v) is 3.95. The summed E-state index contributed by atoms with van der Waals surface area (Å²) in [6, 6.07) is 3.98. The molecule has 0 saturated heterocycles. The molecule has 0 N–H and O–H groups in total. The number of rotatable bonds is 3. The second kappa shape index (κ2) is 4.46. The second-order valence-electron chi connectivity index (χ2n) is 5.51. The van der Waals surface area contributed by atoms with E-state index in [-0.39, 0.29) is 0 Å². The highest BCUT2D eigenvalue weighted by Gasteiger charge is 2.28. The number of fused-ring (bicyclic) bond motifs is 1. The molecule has 4 rings (SSSR count). The molecule has 19 heavy (non-hydrogen) atoms. The Morgan fingerprint density at radius 1 is 1.37 bits per heavy atom. The molecular formula is C15H17N3O. The zero-order valence-electron chi connectivity index (χ0n) is 10.9. The van der Waals surface area contributed by atoms with E-state index in [2.05, 4.69) is 9.88 Å². The van der Waals surface area contributed by atoms with Gasteiger partial charge in [-0.15, -0.1) is 0 Å². The van der Waals surface area contributed by atoms with Gasteiger partial charge in [0.2, 0.25) is 0 Å². The lowest BCUT2D eigenvalue weighted by Crippen LogP contribution is -2.31. The minimum atomic E-state index is 0.630. The van der Waals surface area contributed by atoms with Crippen LogP contribution in [0.2, 0.25) is 0 Å². The van der Waals surface area contributed by atoms with Crippen molar-refractivity contribution in [3.8, 4) is 0 Å². The molecule has 0 radical (unpaired) electrons. The summed E-state index contributed by atoms with van der Waals surface area (Å²) < 4.78 is 5.42. The van der Waals surface area contributed by atoms with E-state index in [1.807, 2.05) is 18.3 Å². The minimum Gasteiger partial charge on any atom is -0.468 e. The van der Waals surface area contributed by atoms with Gasteiger partial charge in [-0.2, -0.15) is 0 Å². The zero-order valence-corrected chi connectivity index (χ0v) is 10.9. The van der Waals surface area contributed by atoms with Crippen LogP contribution in [0.5, 0.6) is 0 Å². The summed E-state index contributed by atoms with van der Waals surface area (Å²) in [5.41, 5.74) is 2.54. The molecule has 0 bridgehead atoms. The molecular weight excluding hydrogens is 238 g/mol. The summed E-state index contributed by atoms with van der Waals surface area (Å²) in [6.07, 6.45) is 7.34. The maximum Gasteiger partial charge on any atom is 0.131 e. The van der Waals surface area contributed by atoms with Gasteiger partial charge in [-0.25, -0.2) is 9.97 Å². The topological polar surface area (TPSA) is 42.2 Å². The second-order valence-corrected chi connectivity index (χ2v) is 5.51. The molecule has 98 valence electrons. The molecule has 0 atom stereocenters. The third kappa shape index (κ3) is 2.28. The smallest absolute Gasteiger partial charge is 0.131 e. The van der Waals surface area contributed by atoms with E-state index >= 15 is 0 Å². The Bertz CT molecular complexity index is 575. The van der Waals surface area contributed by atoms with Gasteiger partial charge in [0.25, 0.3) is 0 Å². The van der Waals surface area contributed by atoms with Gasteiger partial charge in [0, 0.05) is 25.2 Å². The van der Waals surface area contributed by atoms with Crippen molar-refractivity contribution in [2.45, 2.75) is 38.3 Å². The van der Waals surface area contributed by atoms with Crippen LogP contribution in [0.15, 0.2) is 29.0 Å². The van der Waals surface area contributed by atoms with E-state index in [1.54, 1.807) is 6.26 Å². The fourth-order valence-corrected chi connectivity index (χ4v) is 2.67. The highest BCUT2D eigenvalue weighted by Crippen LogP contribution is 2.38. The summed E-state index contributed by atoms with van der Waals surface area (Å²) in [4.78, 5) is 11.7. The fourth-order valence-electron chi connectivity index (χ4n) is 2.67. The SMILES string of the molecule is c1coc(CN2CCc3cnc(C4CC4)nc3C2)c1. The van der Waals surface area contributed by atoms with Gasteiger partial charge < -0.3 is 4.42 Å². The van der Waals surface area contributed by atoms with Crippen molar-refractivity contribution in [1.29, 1.82) is 0 Å². The Balaban J connectivity index is 1.53. The van der Waals surface area contributed by atoms with Crippen LogP contribution in [0.4, 0.5) is 0 Å². The normalized spacial score (nSPS) is 19.4. The summed E-state index contributed by atoms with van der Waals surface area (Å²) in [5.74, 6) is 2.71. The molecule has 4 nitrogen and oxygen atoms in total. The van der Waals surface area contributed by atoms with Gasteiger partial charge >= 0.3 is 0 Å². The monoisotopic (exact) mass is 255 g/mol. The molecule has 1 aliphatic heterocycles. The lowest BCUT2D eigenvalue weighted by Gasteiger charge is -2.27. The first kappa shape index (κ1) is 11.2. The molecule has 3 heterocycles. The van der Waals surface area contributed by atoms with Crippen LogP contribution < -0.4 is 0 Å². The maximum absolute atomic E-state index is 5.42. The number of hydrogen-bond donors (Lipinski definition) is 0. The molecule has 2 aromatic rings. The average molecular weight is 255 g/mol. The van der Waals surface area contributed by atoms with Crippen LogP contribution in [0.25, 0.3) is 0 Å². The van der Waals surface area contributed by atoms with Gasteiger partial charge in [0.15, 0.2) is 0 Å². The summed E-state index contributed by atoms with van der Waals surface area (Å²) in [6.45, 7) is 2.84. The Labute approximate surface area is 112 Å². The quantitative estimate of drug-likeness (QED) is 0.845. The highest BCUT2D eigenvalue weighted by molar-refractivity contribution is 5.22. The van der Waals surface area contributed by atoms with Crippen molar-refractivity contribution in [2.75, 3.05) is 6.54 Å². The predicted octanol–water partition coefficient (Wildman–Crippen LogP) is 2.51. The van der Waals surface area contributed by atoms with Crippen molar-refractivity contribution in [2.24, 2.45) is 0 Å². The van der Waals surface area contributed by atoms with Crippen molar-refractivity contribution in [3.05, 3.63) is 47.4 Å². The first-order chi connectivity index (χ1) is 9.38. The lowest BCUT2D eigenvalue weighted by molar-refractivity contribution is 0.221. The molecule has 2 aromatic heterocycles. The van der Waals surface area contributed by atoms with Gasteiger partial charge in [-0.05, 0) is 37.0 Å². The van der Waals surface area contributed by atoms with Crippen LogP contribution in [-0.2, 0) is 19.5 Å². The van der Waals surface area contributed by atoms with Crippen LogP contribution >= 0.6 is 0 Å². The molecule has 2 aliphatic rings. The van der Waals surface area contributed by atoms with Crippen molar-refractivity contribution < 1.29 is 4.42 Å². The lowest BCUT2D eigenvalue weighted by atomic mass is 10.1. The van der Waals surface area contributed by atoms with Gasteiger partial charge in [0.1, 0.15) is 11.6 Å². The minimum absolute atomic E-state index is 0.630. The number of nitrogens with zero attached hydrogens (tertiary/aromatic N) is 3. The number of aromatic nitrogens is 2. The zero-order chi connectivity index (χ0) is 12.7. The number of furan rings is 1. The van der Waals surface area contributed by atoms with Crippen LogP contribution in [-0.4, -0.2) is 21.4 Å². The van der Waals surface area contributed by atoms with Crippen LogP contribution in [0.1, 0.15) is 41.6 Å². The highest BCUT2D eigenvalue weighted by atomic mass is 16.3. The standard InChI is InChI=1S/C15H17N3O/c1-2-13(19-7-1)9-18-6-5-12-8-16-15(11-3-4-11)17-14(12)10-18/h1-2,7-8,11H,3-6,9-10H2. The van der Waals surface area contributed by atoms with Crippen molar-refractivity contribution in [1.82, 2.24) is 14.9 Å². The van der Waals surface area contributed by atoms with Gasteiger partial charge in [-0.3, -0.25) is 4.90 Å². The van der Waals surface area contributed by atoms with E-state index in [0.717, 1.165) is 37.6 Å². The third-order valence-electron chi connectivity index (χ3n) is 3.95. The van der Waals surface area contributed by atoms with Gasteiger partial charge in [0.05, 0.1) is 18.5 Å². The largest absolute Gasteiger partial charge is 0.468 e. The van der Waals surface area contributed by atoms with Gasteiger partial charge in [-0.1, -0.05) is 0 Å². The van der Waals surface area contributed by atoms with E-state index in [1.165, 1.54) is 24.1 Å². The van der Waals surface area contributed by atoms with Crippen molar-refractivity contribution >= 4 is 0 Å². The summed E-state index contributed by atoms with van der Waals surface area (Å²) in [7, 11) is 0. The van der Waals surface area contributed by atoms with E-state index in [4.69, 9.17) is 9.40 Å². The van der Waals surface area contributed by atoms with Crippen molar-refractivity contribution in [3.63, 3.8) is 0 Å².